The van der Waals surface area contributed by atoms with E-state index in [1.54, 1.807) is 26.1 Å². The highest BCUT2D eigenvalue weighted by Crippen LogP contribution is 2.29. The lowest BCUT2D eigenvalue weighted by atomic mass is 10.1. The van der Waals surface area contributed by atoms with Gasteiger partial charge in [0.05, 0.1) is 12.8 Å². The fourth-order valence-electron chi connectivity index (χ4n) is 1.95. The topological polar surface area (TPSA) is 47.0 Å². The van der Waals surface area contributed by atoms with Crippen LogP contribution in [0.15, 0.2) is 18.2 Å². The Morgan fingerprint density at radius 2 is 1.95 bits per heavy atom. The minimum atomic E-state index is -0.359. The molecule has 0 amide bonds. The number of anilines is 1. The Morgan fingerprint density at radius 1 is 1.21 bits per heavy atom. The van der Waals surface area contributed by atoms with Gasteiger partial charge in [-0.25, -0.2) is 14.4 Å². The van der Waals surface area contributed by atoms with E-state index in [4.69, 9.17) is 4.74 Å². The van der Waals surface area contributed by atoms with E-state index in [-0.39, 0.29) is 5.82 Å². The van der Waals surface area contributed by atoms with Crippen LogP contribution in [0.1, 0.15) is 11.4 Å². The monoisotopic (exact) mass is 261 g/mol. The van der Waals surface area contributed by atoms with Gasteiger partial charge in [0.15, 0.2) is 0 Å². The number of nitrogens with one attached hydrogen (secondary N) is 1. The summed E-state index contributed by atoms with van der Waals surface area (Å²) in [6.07, 6.45) is 0. The maximum atomic E-state index is 14.1. The van der Waals surface area contributed by atoms with Crippen molar-refractivity contribution in [1.29, 1.82) is 0 Å². The first-order chi connectivity index (χ1) is 9.06. The number of methoxy groups -OCH3 is 1. The van der Waals surface area contributed by atoms with Gasteiger partial charge in [0.1, 0.15) is 23.2 Å². The lowest BCUT2D eigenvalue weighted by Crippen LogP contribution is -2.03. The quantitative estimate of drug-likeness (QED) is 0.922. The van der Waals surface area contributed by atoms with E-state index in [0.29, 0.717) is 28.6 Å². The number of hydrogen-bond donors (Lipinski definition) is 1. The van der Waals surface area contributed by atoms with Gasteiger partial charge in [-0.15, -0.1) is 0 Å². The predicted octanol–water partition coefficient (Wildman–Crippen LogP) is 2.95. The smallest absolute Gasteiger partial charge is 0.136 e. The molecule has 0 aliphatic heterocycles. The van der Waals surface area contributed by atoms with E-state index in [1.165, 1.54) is 13.2 Å². The SMILES string of the molecule is CNc1nc(C)nc(-c2ccc(OC)cc2F)c1C. The molecule has 1 N–H and O–H groups in total. The Labute approximate surface area is 111 Å². The largest absolute Gasteiger partial charge is 0.497 e. The van der Waals surface area contributed by atoms with Gasteiger partial charge < -0.3 is 10.1 Å². The van der Waals surface area contributed by atoms with Crippen LogP contribution >= 0.6 is 0 Å². The van der Waals surface area contributed by atoms with E-state index in [2.05, 4.69) is 15.3 Å². The number of rotatable bonds is 3. The normalized spacial score (nSPS) is 10.4. The molecule has 5 heteroatoms. The summed E-state index contributed by atoms with van der Waals surface area (Å²) in [6.45, 7) is 3.65. The van der Waals surface area contributed by atoms with Gasteiger partial charge in [-0.2, -0.15) is 0 Å². The highest BCUT2D eigenvalue weighted by Gasteiger charge is 2.14. The number of hydrogen-bond acceptors (Lipinski definition) is 4. The molecule has 0 aliphatic rings. The summed E-state index contributed by atoms with van der Waals surface area (Å²) in [4.78, 5) is 8.61. The minimum Gasteiger partial charge on any atom is -0.497 e. The summed E-state index contributed by atoms with van der Waals surface area (Å²) in [5.74, 6) is 1.43. The molecule has 4 nitrogen and oxygen atoms in total. The lowest BCUT2D eigenvalue weighted by Gasteiger charge is -2.12. The number of halogens is 1. The standard InChI is InChI=1S/C14H16FN3O/c1-8-13(17-9(2)18-14(8)16-3)11-6-5-10(19-4)7-12(11)15/h5-7H,1-4H3,(H,16,17,18). The maximum Gasteiger partial charge on any atom is 0.136 e. The minimum absolute atomic E-state index is 0.359. The first kappa shape index (κ1) is 13.3. The predicted molar refractivity (Wildman–Crippen MR) is 73.0 cm³/mol. The van der Waals surface area contributed by atoms with Gasteiger partial charge in [0.2, 0.25) is 0 Å². The van der Waals surface area contributed by atoms with Crippen LogP contribution in [0.25, 0.3) is 11.3 Å². The molecule has 0 unspecified atom stereocenters. The molecule has 2 aromatic rings. The Bertz CT molecular complexity index is 614. The van der Waals surface area contributed by atoms with Gasteiger partial charge in [-0.05, 0) is 26.0 Å². The summed E-state index contributed by atoms with van der Waals surface area (Å²) in [7, 11) is 3.29. The average Bonchev–Trinajstić information content (AvgIpc) is 2.41. The van der Waals surface area contributed by atoms with Crippen LogP contribution in [-0.2, 0) is 0 Å². The van der Waals surface area contributed by atoms with E-state index >= 15 is 0 Å². The fourth-order valence-corrected chi connectivity index (χ4v) is 1.95. The number of ether oxygens (including phenoxy) is 1. The highest BCUT2D eigenvalue weighted by molar-refractivity contribution is 5.69. The molecule has 0 saturated heterocycles. The van der Waals surface area contributed by atoms with Gasteiger partial charge in [-0.3, -0.25) is 0 Å². The van der Waals surface area contributed by atoms with Crippen molar-refractivity contribution in [3.63, 3.8) is 0 Å². The summed E-state index contributed by atoms with van der Waals surface area (Å²) < 4.78 is 19.1. The number of aryl methyl sites for hydroxylation is 1. The molecule has 19 heavy (non-hydrogen) atoms. The highest BCUT2D eigenvalue weighted by atomic mass is 19.1. The number of nitrogens with zero attached hydrogens (tertiary/aromatic N) is 2. The average molecular weight is 261 g/mol. The van der Waals surface area contributed by atoms with E-state index in [1.807, 2.05) is 6.92 Å². The Morgan fingerprint density at radius 3 is 2.53 bits per heavy atom. The summed E-state index contributed by atoms with van der Waals surface area (Å²) >= 11 is 0. The molecule has 0 aliphatic carbocycles. The summed E-state index contributed by atoms with van der Waals surface area (Å²) in [5.41, 5.74) is 1.86. The molecule has 1 heterocycles. The van der Waals surface area contributed by atoms with Crippen LogP contribution < -0.4 is 10.1 Å². The van der Waals surface area contributed by atoms with Gasteiger partial charge in [-0.1, -0.05) is 0 Å². The van der Waals surface area contributed by atoms with Crippen molar-refractivity contribution in [2.24, 2.45) is 0 Å². The lowest BCUT2D eigenvalue weighted by molar-refractivity contribution is 0.411. The third-order valence-electron chi connectivity index (χ3n) is 2.93. The van der Waals surface area contributed by atoms with Crippen LogP contribution in [0.2, 0.25) is 0 Å². The van der Waals surface area contributed by atoms with Gasteiger partial charge in [0.25, 0.3) is 0 Å². The third-order valence-corrected chi connectivity index (χ3v) is 2.93. The molecule has 100 valence electrons. The number of aromatic nitrogens is 2. The molecule has 0 saturated carbocycles. The molecule has 2 rings (SSSR count). The van der Waals surface area contributed by atoms with Crippen molar-refractivity contribution in [1.82, 2.24) is 9.97 Å². The Balaban J connectivity index is 2.61. The zero-order chi connectivity index (χ0) is 14.0. The van der Waals surface area contributed by atoms with Crippen LogP contribution in [0.4, 0.5) is 10.2 Å². The maximum absolute atomic E-state index is 14.1. The molecule has 0 fully saturated rings. The van der Waals surface area contributed by atoms with Crippen LogP contribution in [0, 0.1) is 19.7 Å². The van der Waals surface area contributed by atoms with Crippen molar-refractivity contribution in [3.05, 3.63) is 35.4 Å². The zero-order valence-electron chi connectivity index (χ0n) is 11.4. The fraction of sp³-hybridized carbons (Fsp3) is 0.286. The van der Waals surface area contributed by atoms with Crippen molar-refractivity contribution in [3.8, 4) is 17.0 Å². The second-order valence-electron chi connectivity index (χ2n) is 4.19. The van der Waals surface area contributed by atoms with E-state index < -0.39 is 0 Å². The first-order valence-corrected chi connectivity index (χ1v) is 5.93. The van der Waals surface area contributed by atoms with Crippen LogP contribution in [0.5, 0.6) is 5.75 Å². The molecule has 1 aromatic heterocycles. The zero-order valence-corrected chi connectivity index (χ0v) is 11.4. The summed E-state index contributed by atoms with van der Waals surface area (Å²) in [5, 5.41) is 2.99. The molecular formula is C14H16FN3O. The van der Waals surface area contributed by atoms with Gasteiger partial charge in [0, 0.05) is 24.2 Å². The molecule has 0 atom stereocenters. The third kappa shape index (κ3) is 2.50. The van der Waals surface area contributed by atoms with Crippen LogP contribution in [-0.4, -0.2) is 24.1 Å². The van der Waals surface area contributed by atoms with Crippen molar-refractivity contribution < 1.29 is 9.13 Å². The Kier molecular flexibility index (Phi) is 3.64. The molecule has 0 bridgehead atoms. The Hall–Kier alpha value is -2.17. The van der Waals surface area contributed by atoms with Crippen molar-refractivity contribution in [2.45, 2.75) is 13.8 Å². The van der Waals surface area contributed by atoms with Crippen molar-refractivity contribution in [2.75, 3.05) is 19.5 Å². The first-order valence-electron chi connectivity index (χ1n) is 5.93. The van der Waals surface area contributed by atoms with Crippen LogP contribution in [0.3, 0.4) is 0 Å². The number of benzene rings is 1. The van der Waals surface area contributed by atoms with E-state index in [9.17, 15) is 4.39 Å². The second-order valence-corrected chi connectivity index (χ2v) is 4.19. The summed E-state index contributed by atoms with van der Waals surface area (Å²) in [6, 6.07) is 4.74. The molecular weight excluding hydrogens is 245 g/mol. The van der Waals surface area contributed by atoms with E-state index in [0.717, 1.165) is 5.56 Å². The second kappa shape index (κ2) is 5.22. The van der Waals surface area contributed by atoms with Gasteiger partial charge >= 0.3 is 0 Å². The van der Waals surface area contributed by atoms with Crippen molar-refractivity contribution >= 4 is 5.82 Å². The molecule has 0 spiro atoms. The molecule has 1 aromatic carbocycles. The molecule has 0 radical (unpaired) electrons.